The van der Waals surface area contributed by atoms with Crippen molar-refractivity contribution >= 4 is 186 Å². The fourth-order valence-corrected chi connectivity index (χ4v) is 17.4. The molecule has 0 aliphatic carbocycles. The largest absolute Gasteiger partial charge is 0.356 e. The van der Waals surface area contributed by atoms with Gasteiger partial charge in [-0.3, -0.25) is 0 Å². The molecule has 3 aromatic heterocycles. The van der Waals surface area contributed by atoms with Crippen LogP contribution < -0.4 is 15.1 Å². The van der Waals surface area contributed by atoms with E-state index in [1.807, 2.05) is 18.2 Å². The van der Waals surface area contributed by atoms with Crippen LogP contribution in [-0.2, 0) is 0 Å². The first kappa shape index (κ1) is 65.5. The maximum Gasteiger partial charge on any atom is 0.0619 e. The standard InChI is InChI=1S/C62H42N4.C24H18N2.C14H8Br2/c1-5-21-43(22-6-1)63(47-37-39-59-55(41-47)49-29-17-19-35-57(49)65(59)45-25-9-3-10-26-45)61-51-31-13-15-33-53(51)62(54-34-16-14-32-52(54)61)64(44-23-7-2-8-24-44)48-38-40-60-56(42-48)50-30-18-20-36-58(50)66(60)46-27-11-4-12-28-46;1-3-9-18(10-4-1)25-19-15-16-24-22(17-19)21-13-7-8-14-23(21)26(24)20-11-5-2-6-12-20;15-13-9-5-1-2-6-10(9)14(16)12-8-4-3-7-11(12)13/h1-42H;1-17,25H;1-8H. The Balaban J connectivity index is 0.000000152. The van der Waals surface area contributed by atoms with Crippen molar-refractivity contribution in [1.29, 1.82) is 0 Å². The summed E-state index contributed by atoms with van der Waals surface area (Å²) in [5.41, 5.74) is 19.5. The number of nitrogens with one attached hydrogen (secondary N) is 1. The Kier molecular flexibility index (Phi) is 17.2. The number of hydrogen-bond acceptors (Lipinski definition) is 3. The lowest BCUT2D eigenvalue weighted by Crippen LogP contribution is -2.14. The minimum atomic E-state index is 1.09. The topological polar surface area (TPSA) is 33.3 Å². The Labute approximate surface area is 642 Å². The first-order chi connectivity index (χ1) is 53.5. The van der Waals surface area contributed by atoms with Gasteiger partial charge in [-0.15, -0.1) is 0 Å². The third-order valence-electron chi connectivity index (χ3n) is 20.8. The van der Waals surface area contributed by atoms with Crippen LogP contribution >= 0.6 is 31.9 Å². The summed E-state index contributed by atoms with van der Waals surface area (Å²) in [5.74, 6) is 0. The lowest BCUT2D eigenvalue weighted by Gasteiger charge is -2.33. The molecule has 0 aliphatic heterocycles. The molecule has 3 heterocycles. The number of halogens is 2. The number of aromatic nitrogens is 3. The van der Waals surface area contributed by atoms with Gasteiger partial charge in [-0.05, 0) is 199 Å². The second kappa shape index (κ2) is 28.3. The van der Waals surface area contributed by atoms with E-state index < -0.39 is 0 Å². The summed E-state index contributed by atoms with van der Waals surface area (Å²) in [7, 11) is 0. The molecule has 0 aliphatic rings. The molecule has 0 saturated carbocycles. The fraction of sp³-hybridized carbons (Fsp3) is 0. The minimum Gasteiger partial charge on any atom is -0.356 e. The van der Waals surface area contributed by atoms with E-state index in [0.29, 0.717) is 0 Å². The van der Waals surface area contributed by atoms with E-state index in [2.05, 4.69) is 449 Å². The molecular weight excluding hydrogens is 1440 g/mol. The quantitative estimate of drug-likeness (QED) is 0.103. The molecule has 0 unspecified atom stereocenters. The molecule has 512 valence electrons. The van der Waals surface area contributed by atoms with E-state index in [-0.39, 0.29) is 0 Å². The van der Waals surface area contributed by atoms with Crippen LogP contribution in [0.3, 0.4) is 0 Å². The predicted molar refractivity (Wildman–Crippen MR) is 467 cm³/mol. The number of para-hydroxylation sites is 9. The molecule has 1 N–H and O–H groups in total. The molecule has 108 heavy (non-hydrogen) atoms. The number of anilines is 8. The summed E-state index contributed by atoms with van der Waals surface area (Å²) in [6.45, 7) is 0. The highest BCUT2D eigenvalue weighted by Crippen LogP contribution is 2.53. The first-order valence-electron chi connectivity index (χ1n) is 36.5. The normalized spacial score (nSPS) is 11.4. The highest BCUT2D eigenvalue weighted by molar-refractivity contribution is 9.11. The molecule has 21 aromatic rings. The van der Waals surface area contributed by atoms with Crippen molar-refractivity contribution in [2.45, 2.75) is 0 Å². The van der Waals surface area contributed by atoms with Crippen LogP contribution in [0.25, 0.3) is 126 Å². The van der Waals surface area contributed by atoms with Crippen LogP contribution in [0, 0.1) is 0 Å². The van der Waals surface area contributed by atoms with Crippen LogP contribution in [0.4, 0.5) is 45.5 Å². The SMILES string of the molecule is Brc1c2ccccc2c(Br)c2ccccc12.c1ccc(N(c2ccc3c(c2)c2ccccc2n3-c2ccccc2)c2c3ccccc3c(N(c3ccccc3)c3ccc4c(c3)c3ccccc3n4-c3ccccc3)c3ccccc23)cc1.c1ccc(Nc2ccc3c(c2)c2ccccc2n3-c2ccccc2)cc1. The Morgan fingerprint density at radius 2 is 0.435 bits per heavy atom. The average Bonchev–Trinajstić information content (AvgIpc) is 0.918. The minimum absolute atomic E-state index is 1.09. The van der Waals surface area contributed by atoms with Gasteiger partial charge >= 0.3 is 0 Å². The summed E-state index contributed by atoms with van der Waals surface area (Å²) in [6.07, 6.45) is 0. The summed E-state index contributed by atoms with van der Waals surface area (Å²) in [4.78, 5) is 4.94. The van der Waals surface area contributed by atoms with Gasteiger partial charge in [-0.25, -0.2) is 0 Å². The Hall–Kier alpha value is -13.2. The molecule has 8 heteroatoms. The summed E-state index contributed by atoms with van der Waals surface area (Å²) >= 11 is 7.39. The zero-order valence-corrected chi connectivity index (χ0v) is 61.8. The molecule has 0 atom stereocenters. The summed E-state index contributed by atoms with van der Waals surface area (Å²) in [5, 5.41) is 20.5. The van der Waals surface area contributed by atoms with Crippen molar-refractivity contribution in [3.63, 3.8) is 0 Å². The highest BCUT2D eigenvalue weighted by atomic mass is 79.9. The molecule has 0 fully saturated rings. The molecule has 18 aromatic carbocycles. The first-order valence-corrected chi connectivity index (χ1v) is 38.0. The van der Waals surface area contributed by atoms with Crippen LogP contribution in [0.5, 0.6) is 0 Å². The number of rotatable bonds is 11. The van der Waals surface area contributed by atoms with E-state index in [0.717, 1.165) is 78.4 Å². The van der Waals surface area contributed by atoms with Crippen LogP contribution in [0.15, 0.2) is 415 Å². The number of nitrogens with zero attached hydrogens (tertiary/aromatic N) is 5. The van der Waals surface area contributed by atoms with E-state index in [9.17, 15) is 0 Å². The lowest BCUT2D eigenvalue weighted by atomic mass is 9.95. The van der Waals surface area contributed by atoms with E-state index in [4.69, 9.17) is 0 Å². The lowest BCUT2D eigenvalue weighted by molar-refractivity contribution is 1.18. The van der Waals surface area contributed by atoms with Crippen LogP contribution in [0.2, 0.25) is 0 Å². The molecule has 21 rings (SSSR count). The Bertz CT molecular complexity index is 6490. The smallest absolute Gasteiger partial charge is 0.0619 e. The Morgan fingerprint density at radius 1 is 0.185 bits per heavy atom. The van der Waals surface area contributed by atoms with Gasteiger partial charge in [0, 0.05) is 114 Å². The number of benzene rings is 18. The van der Waals surface area contributed by atoms with Crippen molar-refractivity contribution in [3.05, 3.63) is 415 Å². The number of hydrogen-bond donors (Lipinski definition) is 1. The van der Waals surface area contributed by atoms with Gasteiger partial charge in [-0.1, -0.05) is 261 Å². The molecule has 0 amide bonds. The van der Waals surface area contributed by atoms with Crippen molar-refractivity contribution in [1.82, 2.24) is 13.7 Å². The van der Waals surface area contributed by atoms with Gasteiger partial charge in [0.25, 0.3) is 0 Å². The maximum absolute atomic E-state index is 3.70. The zero-order valence-electron chi connectivity index (χ0n) is 58.7. The van der Waals surface area contributed by atoms with E-state index in [1.165, 1.54) is 102 Å². The third kappa shape index (κ3) is 11.7. The second-order valence-electron chi connectivity index (χ2n) is 27.0. The molecular formula is C100H68Br2N6. The fourth-order valence-electron chi connectivity index (χ4n) is 16.1. The van der Waals surface area contributed by atoms with Gasteiger partial charge in [0.1, 0.15) is 0 Å². The maximum atomic E-state index is 3.70. The van der Waals surface area contributed by atoms with Gasteiger partial charge < -0.3 is 28.8 Å². The Morgan fingerprint density at radius 3 is 0.769 bits per heavy atom. The van der Waals surface area contributed by atoms with Crippen molar-refractivity contribution in [2.75, 3.05) is 15.1 Å². The summed E-state index contributed by atoms with van der Waals surface area (Å²) in [6, 6.07) is 145. The predicted octanol–water partition coefficient (Wildman–Crippen LogP) is 29.2. The molecule has 0 radical (unpaired) electrons. The number of fused-ring (bicyclic) bond motifs is 13. The second-order valence-corrected chi connectivity index (χ2v) is 28.6. The third-order valence-corrected chi connectivity index (χ3v) is 22.5. The van der Waals surface area contributed by atoms with Crippen molar-refractivity contribution in [3.8, 4) is 17.1 Å². The molecule has 6 nitrogen and oxygen atoms in total. The van der Waals surface area contributed by atoms with Gasteiger partial charge in [0.2, 0.25) is 0 Å². The van der Waals surface area contributed by atoms with Gasteiger partial charge in [-0.2, -0.15) is 0 Å². The monoisotopic (exact) mass is 1510 g/mol. The van der Waals surface area contributed by atoms with E-state index in [1.54, 1.807) is 0 Å². The van der Waals surface area contributed by atoms with Gasteiger partial charge in [0.15, 0.2) is 0 Å². The summed E-state index contributed by atoms with van der Waals surface area (Å²) < 4.78 is 9.44. The van der Waals surface area contributed by atoms with Gasteiger partial charge in [0.05, 0.1) is 44.5 Å². The van der Waals surface area contributed by atoms with Crippen molar-refractivity contribution < 1.29 is 0 Å². The molecule has 0 bridgehead atoms. The molecule has 0 spiro atoms. The van der Waals surface area contributed by atoms with E-state index >= 15 is 0 Å². The highest BCUT2D eigenvalue weighted by Gasteiger charge is 2.27. The molecule has 0 saturated heterocycles. The van der Waals surface area contributed by atoms with Crippen molar-refractivity contribution in [2.24, 2.45) is 0 Å². The zero-order chi connectivity index (χ0) is 72.0. The van der Waals surface area contributed by atoms with Crippen LogP contribution in [0.1, 0.15) is 0 Å². The average molecular weight is 1510 g/mol. The van der Waals surface area contributed by atoms with Crippen LogP contribution in [-0.4, -0.2) is 13.7 Å².